The van der Waals surface area contributed by atoms with Crippen LogP contribution in [0.15, 0.2) is 49.9 Å². The number of nitrogens with zero attached hydrogens (tertiary/aromatic N) is 3. The Bertz CT molecular complexity index is 1230. The molecule has 1 atom stereocenters. The summed E-state index contributed by atoms with van der Waals surface area (Å²) in [5, 5.41) is 2.97. The van der Waals surface area contributed by atoms with Gasteiger partial charge in [-0.15, -0.1) is 0 Å². The zero-order chi connectivity index (χ0) is 20.4. The first-order valence-corrected chi connectivity index (χ1v) is 9.35. The van der Waals surface area contributed by atoms with Crippen LogP contribution < -0.4 is 22.1 Å². The molecule has 2 aromatic heterocycles. The number of hydrogen-bond acceptors (Lipinski definition) is 6. The normalized spacial score (nSPS) is 12.1. The lowest BCUT2D eigenvalue weighted by atomic mass is 10.2. The number of amides is 1. The van der Waals surface area contributed by atoms with Crippen molar-refractivity contribution in [3.8, 4) is 0 Å². The van der Waals surface area contributed by atoms with E-state index in [9.17, 15) is 19.2 Å². The molecule has 146 valence electrons. The number of carbonyl (C=O) groups excluding carboxylic acids is 1. The van der Waals surface area contributed by atoms with Crippen LogP contribution in [0.25, 0.3) is 10.9 Å². The van der Waals surface area contributed by atoms with Crippen molar-refractivity contribution in [3.05, 3.63) is 67.2 Å². The number of fused-ring (bicyclic) bond motifs is 1. The summed E-state index contributed by atoms with van der Waals surface area (Å²) in [6.07, 6.45) is 0. The molecule has 28 heavy (non-hydrogen) atoms. The molecule has 0 aliphatic heterocycles. The molecule has 0 spiro atoms. The number of rotatable bonds is 5. The second-order valence-corrected chi connectivity index (χ2v) is 7.57. The monoisotopic (exact) mass is 401 g/mol. The van der Waals surface area contributed by atoms with Crippen LogP contribution in [0.2, 0.25) is 0 Å². The Kier molecular flexibility index (Phi) is 5.50. The SMILES string of the molecule is CC(Sc1nc2ccccc2c(=O)[nH]1)C(=O)NCc1cc(=O)n(C)c(=O)n1C. The maximum atomic E-state index is 12.4. The summed E-state index contributed by atoms with van der Waals surface area (Å²) < 4.78 is 2.30. The van der Waals surface area contributed by atoms with E-state index in [1.807, 2.05) is 0 Å². The lowest BCUT2D eigenvalue weighted by molar-refractivity contribution is -0.120. The van der Waals surface area contributed by atoms with Crippen LogP contribution in [0.3, 0.4) is 0 Å². The zero-order valence-electron chi connectivity index (χ0n) is 15.6. The Morgan fingerprint density at radius 2 is 1.93 bits per heavy atom. The topological polar surface area (TPSA) is 119 Å². The van der Waals surface area contributed by atoms with Gasteiger partial charge in [-0.1, -0.05) is 23.9 Å². The number of aromatic amines is 1. The number of carbonyl (C=O) groups is 1. The Labute approximate surface area is 163 Å². The molecule has 0 saturated carbocycles. The quantitative estimate of drug-likeness (QED) is 0.463. The summed E-state index contributed by atoms with van der Waals surface area (Å²) in [7, 11) is 2.92. The molecule has 9 nitrogen and oxygen atoms in total. The lowest BCUT2D eigenvalue weighted by Gasteiger charge is -2.13. The number of hydrogen-bond donors (Lipinski definition) is 2. The van der Waals surface area contributed by atoms with E-state index in [1.54, 1.807) is 31.2 Å². The minimum atomic E-state index is -0.548. The molecule has 0 bridgehead atoms. The van der Waals surface area contributed by atoms with Gasteiger partial charge in [-0.25, -0.2) is 9.78 Å². The highest BCUT2D eigenvalue weighted by atomic mass is 32.2. The largest absolute Gasteiger partial charge is 0.350 e. The summed E-state index contributed by atoms with van der Waals surface area (Å²) in [6, 6.07) is 8.26. The molecule has 2 heterocycles. The Hall–Kier alpha value is -3.14. The number of aromatic nitrogens is 4. The number of H-pyrrole nitrogens is 1. The second kappa shape index (κ2) is 7.85. The van der Waals surface area contributed by atoms with Gasteiger partial charge in [0.2, 0.25) is 5.91 Å². The van der Waals surface area contributed by atoms with E-state index in [-0.39, 0.29) is 18.0 Å². The van der Waals surface area contributed by atoms with Gasteiger partial charge in [0.15, 0.2) is 5.16 Å². The molecular formula is C18H19N5O4S. The third-order valence-electron chi connectivity index (χ3n) is 4.32. The molecule has 0 fully saturated rings. The van der Waals surface area contributed by atoms with Crippen LogP contribution >= 0.6 is 11.8 Å². The molecule has 0 aliphatic rings. The average molecular weight is 401 g/mol. The first-order valence-electron chi connectivity index (χ1n) is 8.47. The fourth-order valence-corrected chi connectivity index (χ4v) is 3.44. The Balaban J connectivity index is 1.71. The highest BCUT2D eigenvalue weighted by Crippen LogP contribution is 2.20. The van der Waals surface area contributed by atoms with Gasteiger partial charge in [-0.3, -0.25) is 23.5 Å². The summed E-state index contributed by atoms with van der Waals surface area (Å²) >= 11 is 1.12. The first kappa shape index (κ1) is 19.6. The summed E-state index contributed by atoms with van der Waals surface area (Å²) in [5.41, 5.74) is -0.215. The zero-order valence-corrected chi connectivity index (χ0v) is 16.4. The van der Waals surface area contributed by atoms with Crippen LogP contribution in [0.4, 0.5) is 0 Å². The number of benzene rings is 1. The van der Waals surface area contributed by atoms with E-state index in [1.165, 1.54) is 24.7 Å². The highest BCUT2D eigenvalue weighted by molar-refractivity contribution is 8.00. The van der Waals surface area contributed by atoms with E-state index < -0.39 is 16.5 Å². The fourth-order valence-electron chi connectivity index (χ4n) is 2.61. The van der Waals surface area contributed by atoms with Crippen molar-refractivity contribution in [2.45, 2.75) is 23.9 Å². The maximum Gasteiger partial charge on any atom is 0.330 e. The van der Waals surface area contributed by atoms with E-state index in [0.717, 1.165) is 16.3 Å². The molecule has 1 amide bonds. The molecule has 1 aromatic carbocycles. The van der Waals surface area contributed by atoms with Crippen molar-refractivity contribution in [1.29, 1.82) is 0 Å². The van der Waals surface area contributed by atoms with Crippen molar-refractivity contribution in [1.82, 2.24) is 24.4 Å². The van der Waals surface area contributed by atoms with E-state index in [4.69, 9.17) is 0 Å². The predicted molar refractivity (Wildman–Crippen MR) is 106 cm³/mol. The standard InChI is InChI=1S/C18H19N5O4S/c1-10(28-17-20-13-7-5-4-6-12(13)16(26)21-17)15(25)19-9-11-8-14(24)23(3)18(27)22(11)2/h4-8,10H,9H2,1-3H3,(H,19,25)(H,20,21,26). The second-order valence-electron chi connectivity index (χ2n) is 6.24. The Morgan fingerprint density at radius 3 is 2.68 bits per heavy atom. The van der Waals surface area contributed by atoms with Crippen molar-refractivity contribution in [2.24, 2.45) is 14.1 Å². The third-order valence-corrected chi connectivity index (χ3v) is 5.30. The van der Waals surface area contributed by atoms with Crippen LogP contribution in [0, 0.1) is 0 Å². The highest BCUT2D eigenvalue weighted by Gasteiger charge is 2.17. The summed E-state index contributed by atoms with van der Waals surface area (Å²) in [5.74, 6) is -0.311. The summed E-state index contributed by atoms with van der Waals surface area (Å²) in [6.45, 7) is 1.71. The van der Waals surface area contributed by atoms with Crippen LogP contribution in [-0.4, -0.2) is 30.3 Å². The number of nitrogens with one attached hydrogen (secondary N) is 2. The molecule has 1 unspecified atom stereocenters. The van der Waals surface area contributed by atoms with Crippen LogP contribution in [-0.2, 0) is 25.4 Å². The predicted octanol–water partition coefficient (Wildman–Crippen LogP) is 0.118. The fraction of sp³-hybridized carbons (Fsp3) is 0.278. The molecule has 3 rings (SSSR count). The van der Waals surface area contributed by atoms with Gasteiger partial charge in [0, 0.05) is 25.9 Å². The van der Waals surface area contributed by atoms with Gasteiger partial charge in [0.05, 0.1) is 22.7 Å². The van der Waals surface area contributed by atoms with E-state index >= 15 is 0 Å². The Morgan fingerprint density at radius 1 is 1.21 bits per heavy atom. The van der Waals surface area contributed by atoms with Gasteiger partial charge < -0.3 is 10.3 Å². The van der Waals surface area contributed by atoms with Gasteiger partial charge in [0.25, 0.3) is 11.1 Å². The van der Waals surface area contributed by atoms with Gasteiger partial charge in [0.1, 0.15) is 0 Å². The smallest absolute Gasteiger partial charge is 0.330 e. The molecule has 2 N–H and O–H groups in total. The maximum absolute atomic E-state index is 12.4. The van der Waals surface area contributed by atoms with Gasteiger partial charge in [-0.05, 0) is 19.1 Å². The molecule has 0 radical (unpaired) electrons. The molecule has 3 aromatic rings. The third kappa shape index (κ3) is 3.91. The van der Waals surface area contributed by atoms with E-state index in [2.05, 4.69) is 15.3 Å². The first-order chi connectivity index (χ1) is 13.3. The van der Waals surface area contributed by atoms with Crippen molar-refractivity contribution >= 4 is 28.6 Å². The minimum absolute atomic E-state index is 0.0349. The lowest BCUT2D eigenvalue weighted by Crippen LogP contribution is -2.40. The van der Waals surface area contributed by atoms with Crippen molar-refractivity contribution < 1.29 is 4.79 Å². The van der Waals surface area contributed by atoms with Crippen molar-refractivity contribution in [3.63, 3.8) is 0 Å². The van der Waals surface area contributed by atoms with Crippen LogP contribution in [0.5, 0.6) is 0 Å². The molecule has 10 heteroatoms. The number of para-hydroxylation sites is 1. The average Bonchev–Trinajstić information content (AvgIpc) is 2.67. The molecule has 0 aliphatic carbocycles. The number of thioether (sulfide) groups is 1. The van der Waals surface area contributed by atoms with Crippen LogP contribution in [0.1, 0.15) is 12.6 Å². The van der Waals surface area contributed by atoms with Gasteiger partial charge in [-0.2, -0.15) is 0 Å². The summed E-state index contributed by atoms with van der Waals surface area (Å²) in [4.78, 5) is 55.2. The molecular weight excluding hydrogens is 382 g/mol. The van der Waals surface area contributed by atoms with E-state index in [0.29, 0.717) is 21.8 Å². The molecule has 0 saturated heterocycles. The van der Waals surface area contributed by atoms with Gasteiger partial charge >= 0.3 is 5.69 Å². The van der Waals surface area contributed by atoms with Crippen molar-refractivity contribution in [2.75, 3.05) is 0 Å². The minimum Gasteiger partial charge on any atom is -0.350 e.